The zero-order chi connectivity index (χ0) is 20.8. The predicted molar refractivity (Wildman–Crippen MR) is 108 cm³/mol. The van der Waals surface area contributed by atoms with E-state index >= 15 is 0 Å². The van der Waals surface area contributed by atoms with Gasteiger partial charge in [-0.05, 0) is 43.2 Å². The van der Waals surface area contributed by atoms with E-state index in [2.05, 4.69) is 10.4 Å². The van der Waals surface area contributed by atoms with Crippen LogP contribution in [-0.4, -0.2) is 24.1 Å². The Kier molecular flexibility index (Phi) is 4.74. The molecule has 2 heterocycles. The van der Waals surface area contributed by atoms with Crippen LogP contribution in [0.2, 0.25) is 0 Å². The number of sulfone groups is 1. The van der Waals surface area contributed by atoms with Crippen molar-refractivity contribution in [2.24, 2.45) is 0 Å². The lowest BCUT2D eigenvalue weighted by Crippen LogP contribution is -2.19. The maximum atomic E-state index is 13.1. The summed E-state index contributed by atoms with van der Waals surface area (Å²) in [6, 6.07) is 11.5. The van der Waals surface area contributed by atoms with Gasteiger partial charge in [-0.25, -0.2) is 17.5 Å². The number of aryl methyl sites for hydroxylation is 2. The van der Waals surface area contributed by atoms with Gasteiger partial charge in [-0.2, -0.15) is 5.10 Å². The molecule has 0 saturated heterocycles. The number of carbonyl (C=O) groups excluding carboxylic acids is 1. The fourth-order valence-corrected chi connectivity index (χ4v) is 5.05. The fraction of sp³-hybridized carbons (Fsp3) is 0.238. The number of rotatable bonds is 4. The Morgan fingerprint density at radius 3 is 2.55 bits per heavy atom. The SMILES string of the molecule is Cc1ccc(-n2nc3c(c2NC(=O)Cc2ccc(F)cc2)CS(=O)(=O)C3)c(C)c1. The van der Waals surface area contributed by atoms with Gasteiger partial charge in [0.25, 0.3) is 0 Å². The van der Waals surface area contributed by atoms with Gasteiger partial charge in [0.05, 0.1) is 29.3 Å². The number of hydrogen-bond donors (Lipinski definition) is 1. The highest BCUT2D eigenvalue weighted by Gasteiger charge is 2.33. The lowest BCUT2D eigenvalue weighted by Gasteiger charge is -2.13. The molecule has 0 bridgehead atoms. The number of amides is 1. The quantitative estimate of drug-likeness (QED) is 0.712. The van der Waals surface area contributed by atoms with Crippen LogP contribution in [0.3, 0.4) is 0 Å². The summed E-state index contributed by atoms with van der Waals surface area (Å²) in [7, 11) is -3.27. The van der Waals surface area contributed by atoms with Crippen molar-refractivity contribution >= 4 is 21.6 Å². The van der Waals surface area contributed by atoms with Crippen molar-refractivity contribution in [3.63, 3.8) is 0 Å². The highest BCUT2D eigenvalue weighted by Crippen LogP contribution is 2.33. The first-order chi connectivity index (χ1) is 13.7. The van der Waals surface area contributed by atoms with E-state index in [-0.39, 0.29) is 29.7 Å². The second-order valence-corrected chi connectivity index (χ2v) is 9.42. The first-order valence-electron chi connectivity index (χ1n) is 9.15. The lowest BCUT2D eigenvalue weighted by atomic mass is 10.1. The Labute approximate surface area is 168 Å². The summed E-state index contributed by atoms with van der Waals surface area (Å²) in [5.74, 6) is -0.611. The number of hydrogen-bond acceptors (Lipinski definition) is 4. The average molecular weight is 413 g/mol. The van der Waals surface area contributed by atoms with Crippen molar-refractivity contribution in [1.29, 1.82) is 0 Å². The normalized spacial score (nSPS) is 14.6. The zero-order valence-electron chi connectivity index (χ0n) is 16.1. The van der Waals surface area contributed by atoms with Crippen LogP contribution < -0.4 is 5.32 Å². The molecule has 1 aliphatic rings. The van der Waals surface area contributed by atoms with Crippen LogP contribution >= 0.6 is 0 Å². The Balaban J connectivity index is 1.71. The first kappa shape index (κ1) is 19.3. The monoisotopic (exact) mass is 413 g/mol. The average Bonchev–Trinajstić information content (AvgIpc) is 3.10. The van der Waals surface area contributed by atoms with Gasteiger partial charge in [0.1, 0.15) is 11.6 Å². The van der Waals surface area contributed by atoms with Gasteiger partial charge in [0.2, 0.25) is 5.91 Å². The Hall–Kier alpha value is -3.00. The minimum atomic E-state index is -3.27. The van der Waals surface area contributed by atoms with Gasteiger partial charge in [-0.15, -0.1) is 0 Å². The van der Waals surface area contributed by atoms with Crippen molar-refractivity contribution < 1.29 is 17.6 Å². The topological polar surface area (TPSA) is 81.1 Å². The Morgan fingerprint density at radius 1 is 1.14 bits per heavy atom. The summed E-state index contributed by atoms with van der Waals surface area (Å²) < 4.78 is 38.8. The molecule has 4 rings (SSSR count). The van der Waals surface area contributed by atoms with E-state index < -0.39 is 9.84 Å². The number of benzene rings is 2. The van der Waals surface area contributed by atoms with Crippen molar-refractivity contribution in [1.82, 2.24) is 9.78 Å². The van der Waals surface area contributed by atoms with Crippen LogP contribution in [-0.2, 0) is 32.6 Å². The molecule has 150 valence electrons. The summed E-state index contributed by atoms with van der Waals surface area (Å²) in [4.78, 5) is 12.7. The minimum absolute atomic E-state index is 0.0415. The van der Waals surface area contributed by atoms with Crippen LogP contribution in [0.4, 0.5) is 10.2 Å². The highest BCUT2D eigenvalue weighted by molar-refractivity contribution is 7.90. The van der Waals surface area contributed by atoms with E-state index in [1.165, 1.54) is 12.1 Å². The van der Waals surface area contributed by atoms with Crippen molar-refractivity contribution in [2.75, 3.05) is 5.32 Å². The van der Waals surface area contributed by atoms with Gasteiger partial charge in [-0.3, -0.25) is 4.79 Å². The number of nitrogens with one attached hydrogen (secondary N) is 1. The molecule has 29 heavy (non-hydrogen) atoms. The maximum Gasteiger partial charge on any atom is 0.229 e. The van der Waals surface area contributed by atoms with Gasteiger partial charge in [-0.1, -0.05) is 29.8 Å². The summed E-state index contributed by atoms with van der Waals surface area (Å²) in [5.41, 5.74) is 4.48. The first-order valence-corrected chi connectivity index (χ1v) is 11.0. The molecular formula is C21H20FN3O3S. The van der Waals surface area contributed by atoms with E-state index in [9.17, 15) is 17.6 Å². The van der Waals surface area contributed by atoms with E-state index in [1.54, 1.807) is 16.8 Å². The number of carbonyl (C=O) groups is 1. The van der Waals surface area contributed by atoms with Gasteiger partial charge in [0.15, 0.2) is 9.84 Å². The minimum Gasteiger partial charge on any atom is -0.310 e. The third-order valence-corrected chi connectivity index (χ3v) is 6.35. The van der Waals surface area contributed by atoms with Crippen LogP contribution in [0.25, 0.3) is 5.69 Å². The van der Waals surface area contributed by atoms with E-state index in [4.69, 9.17) is 0 Å². The smallest absolute Gasteiger partial charge is 0.229 e. The zero-order valence-corrected chi connectivity index (χ0v) is 16.9. The van der Waals surface area contributed by atoms with Gasteiger partial charge in [0, 0.05) is 5.56 Å². The summed E-state index contributed by atoms with van der Waals surface area (Å²) in [6.07, 6.45) is 0.0415. The van der Waals surface area contributed by atoms with E-state index in [1.807, 2.05) is 32.0 Å². The molecule has 1 aliphatic heterocycles. The Morgan fingerprint density at radius 2 is 1.86 bits per heavy atom. The maximum absolute atomic E-state index is 13.1. The van der Waals surface area contributed by atoms with Gasteiger partial charge < -0.3 is 5.32 Å². The molecule has 1 aromatic heterocycles. The number of fused-ring (bicyclic) bond motifs is 1. The van der Waals surface area contributed by atoms with Crippen LogP contribution in [0.15, 0.2) is 42.5 Å². The lowest BCUT2D eigenvalue weighted by molar-refractivity contribution is -0.115. The third-order valence-electron chi connectivity index (χ3n) is 4.90. The second kappa shape index (κ2) is 7.11. The summed E-state index contributed by atoms with van der Waals surface area (Å²) >= 11 is 0. The van der Waals surface area contributed by atoms with Crippen molar-refractivity contribution in [2.45, 2.75) is 31.8 Å². The molecule has 1 amide bonds. The third kappa shape index (κ3) is 3.93. The molecule has 3 aromatic rings. The molecule has 0 spiro atoms. The standard InChI is InChI=1S/C21H20FN3O3S/c1-13-3-8-19(14(2)9-13)25-21(17-11-29(27,28)12-18(17)24-25)23-20(26)10-15-4-6-16(22)7-5-15/h3-9H,10-12H2,1-2H3,(H,23,26). The molecule has 2 aromatic carbocycles. The van der Waals surface area contributed by atoms with Crippen molar-refractivity contribution in [3.8, 4) is 5.69 Å². The second-order valence-electron chi connectivity index (χ2n) is 7.36. The molecule has 6 nitrogen and oxygen atoms in total. The van der Waals surface area contributed by atoms with Crippen LogP contribution in [0.1, 0.15) is 27.9 Å². The largest absolute Gasteiger partial charge is 0.310 e. The molecule has 0 fully saturated rings. The van der Waals surface area contributed by atoms with Crippen LogP contribution in [0.5, 0.6) is 0 Å². The van der Waals surface area contributed by atoms with E-state index in [0.717, 1.165) is 16.8 Å². The molecular weight excluding hydrogens is 393 g/mol. The number of aromatic nitrogens is 2. The predicted octanol–water partition coefficient (Wildman–Crippen LogP) is 3.24. The molecule has 8 heteroatoms. The Bertz CT molecular complexity index is 1210. The molecule has 0 aliphatic carbocycles. The molecule has 0 saturated carbocycles. The van der Waals surface area contributed by atoms with Crippen molar-refractivity contribution in [3.05, 3.63) is 76.2 Å². The summed E-state index contributed by atoms with van der Waals surface area (Å²) in [5, 5.41) is 7.33. The summed E-state index contributed by atoms with van der Waals surface area (Å²) in [6.45, 7) is 3.92. The highest BCUT2D eigenvalue weighted by atomic mass is 32.2. The molecule has 0 radical (unpaired) electrons. The van der Waals surface area contributed by atoms with Crippen LogP contribution in [0, 0.1) is 19.7 Å². The fourth-order valence-electron chi connectivity index (χ4n) is 3.55. The molecule has 0 unspecified atom stereocenters. The number of nitrogens with zero attached hydrogens (tertiary/aromatic N) is 2. The molecule has 1 N–H and O–H groups in total. The number of anilines is 1. The van der Waals surface area contributed by atoms with Gasteiger partial charge >= 0.3 is 0 Å². The molecule has 0 atom stereocenters. The van der Waals surface area contributed by atoms with E-state index in [0.29, 0.717) is 22.6 Å². The number of halogens is 1.